The van der Waals surface area contributed by atoms with Crippen LogP contribution in [0.2, 0.25) is 0 Å². The van der Waals surface area contributed by atoms with Crippen molar-refractivity contribution in [1.29, 1.82) is 0 Å². The van der Waals surface area contributed by atoms with Crippen LogP contribution in [0.5, 0.6) is 0 Å². The summed E-state index contributed by atoms with van der Waals surface area (Å²) >= 11 is 0. The van der Waals surface area contributed by atoms with E-state index in [0.29, 0.717) is 5.57 Å². The second kappa shape index (κ2) is 4.93. The summed E-state index contributed by atoms with van der Waals surface area (Å²) in [4.78, 5) is 24.9. The van der Waals surface area contributed by atoms with Gasteiger partial charge in [-0.05, 0) is 27.7 Å². The lowest BCUT2D eigenvalue weighted by Gasteiger charge is -2.36. The Morgan fingerprint density at radius 2 is 2.00 bits per heavy atom. The maximum atomic E-state index is 12.5. The molecule has 1 N–H and O–H groups in total. The van der Waals surface area contributed by atoms with Gasteiger partial charge in [0.25, 0.3) is 0 Å². The smallest absolute Gasteiger partial charge is 0.333 e. The summed E-state index contributed by atoms with van der Waals surface area (Å²) in [7, 11) is 0. The predicted molar refractivity (Wildman–Crippen MR) is 91.5 cm³/mol. The maximum absolute atomic E-state index is 12.5. The van der Waals surface area contributed by atoms with Gasteiger partial charge in [0.1, 0.15) is 35.6 Å². The van der Waals surface area contributed by atoms with Crippen molar-refractivity contribution >= 4 is 11.9 Å². The quantitative estimate of drug-likeness (QED) is 0.437. The summed E-state index contributed by atoms with van der Waals surface area (Å²) in [6.07, 6.45) is 0.462. The molecule has 0 amide bonds. The molecule has 2 saturated carbocycles. The standard InChI is InChI=1S/C20H26O7/c1-6-8(2)16(21)24-10-7-18(4,23)20-13(12-11(10)9(3)17(22)25-12)19(5)14(26-19)15(20)27-20/h6,9-15,23H,7H2,1-5H3/b8-6+/t9-,10-,11-,12?,13+,14-,15?,18?,19+,20-/m1/s1. The molecule has 1 spiro atoms. The highest BCUT2D eigenvalue weighted by molar-refractivity contribution is 5.87. The Hall–Kier alpha value is -1.44. The molecule has 3 heterocycles. The Morgan fingerprint density at radius 3 is 2.67 bits per heavy atom. The predicted octanol–water partition coefficient (Wildman–Crippen LogP) is 1.12. The number of esters is 2. The third kappa shape index (κ3) is 1.93. The van der Waals surface area contributed by atoms with E-state index in [4.69, 9.17) is 18.9 Å². The van der Waals surface area contributed by atoms with Gasteiger partial charge < -0.3 is 24.1 Å². The van der Waals surface area contributed by atoms with E-state index < -0.39 is 40.9 Å². The minimum atomic E-state index is -1.21. The van der Waals surface area contributed by atoms with Crippen LogP contribution < -0.4 is 0 Å². The largest absolute Gasteiger partial charge is 0.461 e. The van der Waals surface area contributed by atoms with Crippen molar-refractivity contribution in [2.75, 3.05) is 0 Å². The summed E-state index contributed by atoms with van der Waals surface area (Å²) in [6, 6.07) is 0. The van der Waals surface area contributed by atoms with Gasteiger partial charge in [0.15, 0.2) is 0 Å². The number of carbonyl (C=O) groups is 2. The fraction of sp³-hybridized carbons (Fsp3) is 0.800. The minimum Gasteiger partial charge on any atom is -0.461 e. The zero-order valence-electron chi connectivity index (χ0n) is 16.2. The number of aliphatic hydroxyl groups is 1. The molecule has 5 rings (SSSR count). The molecule has 0 aromatic carbocycles. The molecule has 27 heavy (non-hydrogen) atoms. The molecule has 7 heteroatoms. The maximum Gasteiger partial charge on any atom is 0.333 e. The summed E-state index contributed by atoms with van der Waals surface area (Å²) < 4.78 is 23.6. The van der Waals surface area contributed by atoms with E-state index in [2.05, 4.69) is 0 Å². The van der Waals surface area contributed by atoms with Gasteiger partial charge in [-0.2, -0.15) is 0 Å². The highest BCUT2D eigenvalue weighted by Gasteiger charge is 2.93. The first-order valence-electron chi connectivity index (χ1n) is 9.71. The Balaban J connectivity index is 1.57. The van der Waals surface area contributed by atoms with Gasteiger partial charge in [0.2, 0.25) is 0 Å². The van der Waals surface area contributed by atoms with E-state index >= 15 is 0 Å². The molecule has 0 aromatic rings. The van der Waals surface area contributed by atoms with Gasteiger partial charge in [0, 0.05) is 17.9 Å². The van der Waals surface area contributed by atoms with Crippen LogP contribution in [0.4, 0.5) is 0 Å². The van der Waals surface area contributed by atoms with Gasteiger partial charge in [-0.1, -0.05) is 13.0 Å². The molecule has 5 aliphatic rings. The number of rotatable bonds is 2. The average molecular weight is 378 g/mol. The molecular weight excluding hydrogens is 352 g/mol. The highest BCUT2D eigenvalue weighted by atomic mass is 16.7. The van der Waals surface area contributed by atoms with Crippen molar-refractivity contribution < 1.29 is 33.6 Å². The number of ether oxygens (including phenoxy) is 4. The molecule has 3 aliphatic heterocycles. The van der Waals surface area contributed by atoms with Crippen molar-refractivity contribution in [3.05, 3.63) is 11.6 Å². The van der Waals surface area contributed by atoms with Crippen LogP contribution in [-0.4, -0.2) is 58.3 Å². The zero-order chi connectivity index (χ0) is 19.5. The molecule has 5 fully saturated rings. The van der Waals surface area contributed by atoms with E-state index in [1.807, 2.05) is 6.92 Å². The van der Waals surface area contributed by atoms with Crippen molar-refractivity contribution in [1.82, 2.24) is 0 Å². The molecule has 0 bridgehead atoms. The van der Waals surface area contributed by atoms with Crippen molar-refractivity contribution in [2.45, 2.75) is 82.3 Å². The number of allylic oxidation sites excluding steroid dienone is 1. The van der Waals surface area contributed by atoms with Gasteiger partial charge in [-0.3, -0.25) is 4.79 Å². The van der Waals surface area contributed by atoms with Gasteiger partial charge in [-0.15, -0.1) is 0 Å². The fourth-order valence-corrected chi connectivity index (χ4v) is 6.07. The SMILES string of the molecule is C/C=C(\C)C(=O)O[C@@H]1CC(C)(O)[C@]23OC2[C@H]2O[C@@]2(C)[C@@H]3C2OC(=O)[C@H](C)[C@@H]21. The van der Waals surface area contributed by atoms with Crippen LogP contribution in [0.15, 0.2) is 11.6 Å². The van der Waals surface area contributed by atoms with E-state index in [1.165, 1.54) is 0 Å². The Kier molecular flexibility index (Phi) is 3.22. The Bertz CT molecular complexity index is 772. The zero-order valence-corrected chi connectivity index (χ0v) is 16.2. The normalized spacial score (nSPS) is 57.6. The van der Waals surface area contributed by atoms with Crippen molar-refractivity contribution in [2.24, 2.45) is 17.8 Å². The van der Waals surface area contributed by atoms with Crippen LogP contribution in [0.1, 0.15) is 41.0 Å². The Labute approximate surface area is 158 Å². The first-order valence-corrected chi connectivity index (χ1v) is 9.71. The molecule has 0 radical (unpaired) electrons. The second-order valence-electron chi connectivity index (χ2n) is 9.19. The molecule has 2 aliphatic carbocycles. The van der Waals surface area contributed by atoms with Crippen LogP contribution in [-0.2, 0) is 28.5 Å². The first-order chi connectivity index (χ1) is 12.6. The minimum absolute atomic E-state index is 0.0754. The van der Waals surface area contributed by atoms with E-state index in [1.54, 1.807) is 33.8 Å². The van der Waals surface area contributed by atoms with Crippen LogP contribution in [0, 0.1) is 17.8 Å². The monoisotopic (exact) mass is 378 g/mol. The highest BCUT2D eigenvalue weighted by Crippen LogP contribution is 2.75. The molecule has 3 unspecified atom stereocenters. The molecular formula is C20H26O7. The summed E-state index contributed by atoms with van der Waals surface area (Å²) in [5, 5.41) is 11.4. The number of carbonyl (C=O) groups excluding carboxylic acids is 2. The van der Waals surface area contributed by atoms with E-state index in [0.717, 1.165) is 0 Å². The summed E-state index contributed by atoms with van der Waals surface area (Å²) in [5.41, 5.74) is -2.01. The summed E-state index contributed by atoms with van der Waals surface area (Å²) in [6.45, 7) is 9.00. The number of hydrogen-bond acceptors (Lipinski definition) is 7. The lowest BCUT2D eigenvalue weighted by Crippen LogP contribution is -2.53. The van der Waals surface area contributed by atoms with E-state index in [-0.39, 0.29) is 36.4 Å². The van der Waals surface area contributed by atoms with Crippen LogP contribution >= 0.6 is 0 Å². The Morgan fingerprint density at radius 1 is 1.30 bits per heavy atom. The number of fused-ring (bicyclic) bond motifs is 5. The van der Waals surface area contributed by atoms with Gasteiger partial charge in [-0.25, -0.2) is 4.79 Å². The lowest BCUT2D eigenvalue weighted by molar-refractivity contribution is -0.154. The topological polar surface area (TPSA) is 97.9 Å². The molecule has 148 valence electrons. The number of epoxide rings is 2. The van der Waals surface area contributed by atoms with Gasteiger partial charge in [0.05, 0.1) is 17.4 Å². The molecule has 7 nitrogen and oxygen atoms in total. The van der Waals surface area contributed by atoms with Crippen molar-refractivity contribution in [3.8, 4) is 0 Å². The first kappa shape index (κ1) is 17.6. The molecule has 10 atom stereocenters. The second-order valence-corrected chi connectivity index (χ2v) is 9.19. The van der Waals surface area contributed by atoms with E-state index in [9.17, 15) is 14.7 Å². The van der Waals surface area contributed by atoms with Crippen molar-refractivity contribution in [3.63, 3.8) is 0 Å². The summed E-state index contributed by atoms with van der Waals surface area (Å²) in [5.74, 6) is -1.78. The average Bonchev–Trinajstić information content (AvgIpc) is 3.45. The number of hydrogen-bond donors (Lipinski definition) is 1. The van der Waals surface area contributed by atoms with Crippen LogP contribution in [0.3, 0.4) is 0 Å². The van der Waals surface area contributed by atoms with Crippen LogP contribution in [0.25, 0.3) is 0 Å². The lowest BCUT2D eigenvalue weighted by atomic mass is 9.73. The van der Waals surface area contributed by atoms with Gasteiger partial charge >= 0.3 is 11.9 Å². The molecule has 0 aromatic heterocycles. The third-order valence-electron chi connectivity index (χ3n) is 7.72. The third-order valence-corrected chi connectivity index (χ3v) is 7.72. The molecule has 3 saturated heterocycles. The fourth-order valence-electron chi connectivity index (χ4n) is 6.07.